The summed E-state index contributed by atoms with van der Waals surface area (Å²) >= 11 is -0.137. The summed E-state index contributed by atoms with van der Waals surface area (Å²) in [5.41, 5.74) is -5.16. The van der Waals surface area contributed by atoms with Crippen molar-refractivity contribution in [1.29, 1.82) is 0 Å². The molecule has 0 atom stereocenters. The molecule has 3 nitrogen and oxygen atoms in total. The molecule has 1 amide bonds. The number of hydrogen-bond donors (Lipinski definition) is 0. The van der Waals surface area contributed by atoms with Crippen molar-refractivity contribution in [3.63, 3.8) is 0 Å². The second-order valence-electron chi connectivity index (χ2n) is 2.91. The number of amides is 1. The van der Waals surface area contributed by atoms with Crippen LogP contribution in [0, 0.1) is 0 Å². The van der Waals surface area contributed by atoms with Gasteiger partial charge in [-0.1, -0.05) is 30.3 Å². The largest absolute Gasteiger partial charge is 0.445 e. The highest BCUT2D eigenvalue weighted by Crippen LogP contribution is 2.11. The molecule has 1 aliphatic rings. The van der Waals surface area contributed by atoms with E-state index in [1.165, 1.54) is 0 Å². The third-order valence-corrected chi connectivity index (χ3v) is 2.19. The summed E-state index contributed by atoms with van der Waals surface area (Å²) in [6.45, 7) is -6.50. The van der Waals surface area contributed by atoms with E-state index in [1.807, 2.05) is 0 Å². The van der Waals surface area contributed by atoms with Crippen molar-refractivity contribution in [2.24, 2.45) is 0 Å². The molecular weight excluding hydrogens is 222 g/mol. The molecule has 0 saturated carbocycles. The van der Waals surface area contributed by atoms with Gasteiger partial charge >= 0.3 is 6.09 Å². The molecule has 86 valence electrons. The molecule has 0 aliphatic carbocycles. The molecule has 4 heteroatoms. The molecule has 1 fully saturated rings. The average Bonchev–Trinajstić information content (AvgIpc) is 2.43. The Kier molecular flexibility index (Phi) is 1.81. The molecule has 1 saturated heterocycles. The minimum absolute atomic E-state index is 0.126. The van der Waals surface area contributed by atoms with E-state index in [-0.39, 0.29) is 23.3 Å². The van der Waals surface area contributed by atoms with Gasteiger partial charge in [0.1, 0.15) is 6.61 Å². The first-order valence-electron chi connectivity index (χ1n) is 8.54. The SMILES string of the molecule is [2H]C1([2H])SC([2H])([2H])C([2H])([2H])N(C(=O)OCc2ccccc2)C1([2H])[2H]. The minimum Gasteiger partial charge on any atom is -0.445 e. The van der Waals surface area contributed by atoms with Crippen LogP contribution in [0.25, 0.3) is 0 Å². The van der Waals surface area contributed by atoms with Gasteiger partial charge in [-0.2, -0.15) is 11.8 Å². The van der Waals surface area contributed by atoms with E-state index in [0.29, 0.717) is 5.56 Å². The number of rotatable bonds is 2. The normalized spacial score (nSPS) is 35.9. The maximum Gasteiger partial charge on any atom is 0.410 e. The third kappa shape index (κ3) is 3.17. The Morgan fingerprint density at radius 2 is 2.06 bits per heavy atom. The Bertz CT molecular complexity index is 599. The van der Waals surface area contributed by atoms with Crippen LogP contribution < -0.4 is 0 Å². The monoisotopic (exact) mass is 245 g/mol. The fraction of sp³-hybridized carbons (Fsp3) is 0.417. The Morgan fingerprint density at radius 1 is 1.38 bits per heavy atom. The van der Waals surface area contributed by atoms with E-state index in [1.54, 1.807) is 30.3 Å². The van der Waals surface area contributed by atoms with Crippen LogP contribution in [0.1, 0.15) is 16.5 Å². The smallest absolute Gasteiger partial charge is 0.410 e. The quantitative estimate of drug-likeness (QED) is 0.801. The van der Waals surface area contributed by atoms with Crippen LogP contribution in [0.4, 0.5) is 4.79 Å². The lowest BCUT2D eigenvalue weighted by molar-refractivity contribution is 0.0997. The summed E-state index contributed by atoms with van der Waals surface area (Å²) in [4.78, 5) is 12.1. The van der Waals surface area contributed by atoms with Crippen LogP contribution in [0.5, 0.6) is 0 Å². The molecular formula is C12H15NO2S. The Morgan fingerprint density at radius 3 is 2.75 bits per heavy atom. The highest BCUT2D eigenvalue weighted by atomic mass is 32.2. The van der Waals surface area contributed by atoms with Crippen LogP contribution in [0.15, 0.2) is 30.3 Å². The molecule has 1 aliphatic heterocycles. The topological polar surface area (TPSA) is 29.5 Å². The first kappa shape index (κ1) is 5.00. The summed E-state index contributed by atoms with van der Waals surface area (Å²) in [6.07, 6.45) is -1.47. The van der Waals surface area contributed by atoms with Gasteiger partial charge in [0, 0.05) is 29.9 Å². The number of nitrogens with zero attached hydrogens (tertiary/aromatic N) is 1. The molecule has 0 bridgehead atoms. The van der Waals surface area contributed by atoms with Crippen molar-refractivity contribution < 1.29 is 20.5 Å². The van der Waals surface area contributed by atoms with E-state index < -0.39 is 30.5 Å². The molecule has 16 heavy (non-hydrogen) atoms. The van der Waals surface area contributed by atoms with Gasteiger partial charge in [-0.05, 0) is 5.56 Å². The van der Waals surface area contributed by atoms with E-state index in [2.05, 4.69) is 0 Å². The van der Waals surface area contributed by atoms with Crippen LogP contribution >= 0.6 is 11.8 Å². The van der Waals surface area contributed by atoms with E-state index in [9.17, 15) is 4.79 Å². The second kappa shape index (κ2) is 5.80. The first-order valence-corrected chi connectivity index (χ1v) is 5.36. The lowest BCUT2D eigenvalue weighted by Gasteiger charge is -2.25. The molecule has 0 spiro atoms. The number of thioether (sulfide) groups is 1. The molecule has 0 aromatic heterocycles. The number of carbonyl (C=O) groups is 1. The van der Waals surface area contributed by atoms with Gasteiger partial charge in [0.25, 0.3) is 0 Å². The average molecular weight is 245 g/mol. The van der Waals surface area contributed by atoms with Crippen LogP contribution in [0.2, 0.25) is 0 Å². The van der Waals surface area contributed by atoms with E-state index in [4.69, 9.17) is 15.7 Å². The summed E-state index contributed by atoms with van der Waals surface area (Å²) in [5, 5.41) is 0. The molecule has 0 unspecified atom stereocenters. The van der Waals surface area contributed by atoms with Crippen LogP contribution in [-0.2, 0) is 11.3 Å². The highest BCUT2D eigenvalue weighted by molar-refractivity contribution is 7.99. The fourth-order valence-corrected chi connectivity index (χ4v) is 1.39. The van der Waals surface area contributed by atoms with E-state index >= 15 is 0 Å². The summed E-state index contributed by atoms with van der Waals surface area (Å²) < 4.78 is 66.9. The predicted molar refractivity (Wildman–Crippen MR) is 65.5 cm³/mol. The molecule has 0 radical (unpaired) electrons. The zero-order valence-corrected chi connectivity index (χ0v) is 9.08. The number of hydrogen-bond acceptors (Lipinski definition) is 3. The summed E-state index contributed by atoms with van der Waals surface area (Å²) in [5.74, 6) is 0. The van der Waals surface area contributed by atoms with Crippen LogP contribution in [0.3, 0.4) is 0 Å². The second-order valence-corrected chi connectivity index (χ2v) is 3.52. The van der Waals surface area contributed by atoms with Crippen molar-refractivity contribution in [2.75, 3.05) is 24.4 Å². The zero-order valence-electron chi connectivity index (χ0n) is 16.3. The number of ether oxygens (including phenoxy) is 1. The standard InChI is InChI=1S/C12H15NO2S/c14-12(13-6-8-16-9-7-13)15-10-11-4-2-1-3-5-11/h1-5H,6-10H2/i6D2,7D2,8D2,9D2. The van der Waals surface area contributed by atoms with Gasteiger partial charge in [-0.25, -0.2) is 4.79 Å². The van der Waals surface area contributed by atoms with Gasteiger partial charge < -0.3 is 9.64 Å². The maximum absolute atomic E-state index is 12.3. The molecule has 0 N–H and O–H groups in total. The number of carbonyl (C=O) groups excluding carboxylic acids is 1. The Labute approximate surface area is 111 Å². The van der Waals surface area contributed by atoms with Gasteiger partial charge in [0.05, 0.1) is 5.48 Å². The predicted octanol–water partition coefficient (Wildman–Crippen LogP) is 2.37. The highest BCUT2D eigenvalue weighted by Gasteiger charge is 2.17. The zero-order chi connectivity index (χ0) is 18.4. The van der Waals surface area contributed by atoms with Crippen molar-refractivity contribution in [3.8, 4) is 0 Å². The lowest BCUT2D eigenvalue weighted by atomic mass is 10.2. The van der Waals surface area contributed by atoms with Crippen molar-refractivity contribution in [1.82, 2.24) is 4.90 Å². The molecule has 2 rings (SSSR count). The van der Waals surface area contributed by atoms with E-state index in [0.717, 1.165) is 0 Å². The lowest BCUT2D eigenvalue weighted by Crippen LogP contribution is -2.38. The van der Waals surface area contributed by atoms with Crippen molar-refractivity contribution in [3.05, 3.63) is 35.9 Å². The molecule has 1 heterocycles. The first-order chi connectivity index (χ1) is 10.8. The van der Waals surface area contributed by atoms with Crippen LogP contribution in [-0.4, -0.2) is 35.4 Å². The number of benzene rings is 1. The van der Waals surface area contributed by atoms with Gasteiger partial charge in [-0.3, -0.25) is 0 Å². The van der Waals surface area contributed by atoms with Gasteiger partial charge in [-0.15, -0.1) is 0 Å². The van der Waals surface area contributed by atoms with Gasteiger partial charge in [0.15, 0.2) is 0 Å². The molecule has 1 aromatic rings. The summed E-state index contributed by atoms with van der Waals surface area (Å²) in [7, 11) is 0. The molecule has 1 aromatic carbocycles. The van der Waals surface area contributed by atoms with Crippen molar-refractivity contribution in [2.45, 2.75) is 6.61 Å². The third-order valence-electron chi connectivity index (χ3n) is 1.80. The van der Waals surface area contributed by atoms with Crippen molar-refractivity contribution >= 4 is 17.9 Å². The maximum atomic E-state index is 12.3. The minimum atomic E-state index is -3.11. The fourth-order valence-electron chi connectivity index (χ4n) is 1.07. The Balaban J connectivity index is 2.31. The Hall–Kier alpha value is -1.16. The summed E-state index contributed by atoms with van der Waals surface area (Å²) in [6, 6.07) is 8.41. The van der Waals surface area contributed by atoms with Gasteiger partial charge in [0.2, 0.25) is 0 Å².